The highest BCUT2D eigenvalue weighted by Gasteiger charge is 2.29. The van der Waals surface area contributed by atoms with E-state index in [0.717, 1.165) is 38.8 Å². The molecule has 128 valence electrons. The first kappa shape index (κ1) is 18.7. The van der Waals surface area contributed by atoms with Crippen LogP contribution in [-0.2, 0) is 9.53 Å². The monoisotopic (exact) mass is 313 g/mol. The number of likely N-dealkylation sites (tertiary alicyclic amines) is 1. The van der Waals surface area contributed by atoms with E-state index >= 15 is 0 Å². The van der Waals surface area contributed by atoms with Gasteiger partial charge in [-0.05, 0) is 60.7 Å². The van der Waals surface area contributed by atoms with E-state index in [1.165, 1.54) is 0 Å². The molecule has 0 aromatic carbocycles. The highest BCUT2D eigenvalue weighted by atomic mass is 16.6. The van der Waals surface area contributed by atoms with Crippen molar-refractivity contribution in [3.8, 4) is 0 Å². The molecule has 0 bridgehead atoms. The van der Waals surface area contributed by atoms with Gasteiger partial charge in [0.1, 0.15) is 5.60 Å². The smallest absolute Gasteiger partial charge is 0.410 e. The number of rotatable bonds is 6. The first-order valence-electron chi connectivity index (χ1n) is 8.06. The molecule has 1 rings (SSSR count). The van der Waals surface area contributed by atoms with Crippen molar-refractivity contribution in [1.29, 1.82) is 0 Å². The minimum atomic E-state index is -0.486. The molecule has 0 N–H and O–H groups in total. The number of ether oxygens (including phenoxy) is 1. The molecule has 1 aliphatic rings. The van der Waals surface area contributed by atoms with Crippen LogP contribution in [0, 0.1) is 0 Å². The summed E-state index contributed by atoms with van der Waals surface area (Å²) in [4.78, 5) is 29.2. The third-order valence-corrected chi connectivity index (χ3v) is 3.67. The lowest BCUT2D eigenvalue weighted by molar-refractivity contribution is -0.121. The summed E-state index contributed by atoms with van der Waals surface area (Å²) in [6.07, 6.45) is 3.42. The van der Waals surface area contributed by atoms with Crippen molar-refractivity contribution >= 4 is 12.5 Å². The van der Waals surface area contributed by atoms with Crippen LogP contribution in [0.3, 0.4) is 0 Å². The summed E-state index contributed by atoms with van der Waals surface area (Å²) in [6, 6.07) is 0.0981. The van der Waals surface area contributed by atoms with Crippen LogP contribution in [0.2, 0.25) is 0 Å². The van der Waals surface area contributed by atoms with E-state index in [0.29, 0.717) is 13.1 Å². The first-order valence-corrected chi connectivity index (χ1v) is 8.06. The zero-order valence-corrected chi connectivity index (χ0v) is 14.7. The van der Waals surface area contributed by atoms with Crippen LogP contribution in [0.5, 0.6) is 0 Å². The quantitative estimate of drug-likeness (QED) is 0.702. The van der Waals surface area contributed by atoms with Crippen molar-refractivity contribution in [2.75, 3.05) is 40.3 Å². The highest BCUT2D eigenvalue weighted by Crippen LogP contribution is 2.18. The predicted molar refractivity (Wildman–Crippen MR) is 86.8 cm³/mol. The van der Waals surface area contributed by atoms with Crippen LogP contribution >= 0.6 is 0 Å². The molecule has 0 aromatic heterocycles. The van der Waals surface area contributed by atoms with Crippen LogP contribution in [-0.4, -0.2) is 79.1 Å². The Balaban J connectivity index is 2.53. The van der Waals surface area contributed by atoms with Crippen molar-refractivity contribution in [3.63, 3.8) is 0 Å². The van der Waals surface area contributed by atoms with E-state index in [9.17, 15) is 9.59 Å². The standard InChI is InChI=1S/C16H31N3O3/c1-16(2,3)22-15(21)18-10-6-8-14(12-18)19(13-20)11-7-9-17(4)5/h13-14H,6-12H2,1-5H3. The Hall–Kier alpha value is -1.30. The molecule has 1 unspecified atom stereocenters. The number of carbonyl (C=O) groups excluding carboxylic acids is 2. The van der Waals surface area contributed by atoms with Gasteiger partial charge in [-0.15, -0.1) is 0 Å². The summed E-state index contributed by atoms with van der Waals surface area (Å²) in [6.45, 7) is 8.55. The molecule has 0 saturated carbocycles. The van der Waals surface area contributed by atoms with Crippen LogP contribution in [0.1, 0.15) is 40.0 Å². The second-order valence-electron chi connectivity index (χ2n) is 7.22. The molecule has 6 nitrogen and oxygen atoms in total. The predicted octanol–water partition coefficient (Wildman–Crippen LogP) is 1.80. The molecule has 1 heterocycles. The zero-order chi connectivity index (χ0) is 16.8. The second-order valence-corrected chi connectivity index (χ2v) is 7.22. The lowest BCUT2D eigenvalue weighted by Gasteiger charge is -2.38. The normalized spacial score (nSPS) is 19.2. The molecule has 0 aromatic rings. The molecule has 1 fully saturated rings. The van der Waals surface area contributed by atoms with Gasteiger partial charge >= 0.3 is 6.09 Å². The Bertz CT molecular complexity index is 366. The summed E-state index contributed by atoms with van der Waals surface area (Å²) >= 11 is 0. The van der Waals surface area contributed by atoms with Crippen molar-refractivity contribution in [1.82, 2.24) is 14.7 Å². The molecule has 1 aliphatic heterocycles. The third-order valence-electron chi connectivity index (χ3n) is 3.67. The van der Waals surface area contributed by atoms with Gasteiger partial charge < -0.3 is 19.4 Å². The lowest BCUT2D eigenvalue weighted by Crippen LogP contribution is -2.50. The van der Waals surface area contributed by atoms with Crippen LogP contribution in [0.15, 0.2) is 0 Å². The molecule has 22 heavy (non-hydrogen) atoms. The van der Waals surface area contributed by atoms with Crippen molar-refractivity contribution < 1.29 is 14.3 Å². The summed E-state index contributed by atoms with van der Waals surface area (Å²) < 4.78 is 5.42. The topological polar surface area (TPSA) is 53.1 Å². The van der Waals surface area contributed by atoms with Gasteiger partial charge in [0.25, 0.3) is 0 Å². The Morgan fingerprint density at radius 1 is 1.32 bits per heavy atom. The average molecular weight is 313 g/mol. The number of amides is 2. The van der Waals surface area contributed by atoms with E-state index in [-0.39, 0.29) is 12.1 Å². The molecule has 6 heteroatoms. The average Bonchev–Trinajstić information content (AvgIpc) is 2.41. The van der Waals surface area contributed by atoms with Crippen LogP contribution in [0.25, 0.3) is 0 Å². The molecular weight excluding hydrogens is 282 g/mol. The van der Waals surface area contributed by atoms with Gasteiger partial charge in [-0.1, -0.05) is 0 Å². The first-order chi connectivity index (χ1) is 10.2. The van der Waals surface area contributed by atoms with Crippen molar-refractivity contribution in [3.05, 3.63) is 0 Å². The minimum Gasteiger partial charge on any atom is -0.444 e. The summed E-state index contributed by atoms with van der Waals surface area (Å²) in [5, 5.41) is 0. The summed E-state index contributed by atoms with van der Waals surface area (Å²) in [7, 11) is 4.05. The molecule has 0 radical (unpaired) electrons. The van der Waals surface area contributed by atoms with E-state index in [2.05, 4.69) is 4.90 Å². The fourth-order valence-corrected chi connectivity index (χ4v) is 2.61. The Labute approximate surface area is 134 Å². The Morgan fingerprint density at radius 2 is 2.00 bits per heavy atom. The molecule has 1 saturated heterocycles. The molecule has 0 aliphatic carbocycles. The van der Waals surface area contributed by atoms with Crippen molar-refractivity contribution in [2.45, 2.75) is 51.7 Å². The molecule has 2 amide bonds. The van der Waals surface area contributed by atoms with Gasteiger partial charge in [-0.2, -0.15) is 0 Å². The van der Waals surface area contributed by atoms with E-state index in [4.69, 9.17) is 4.74 Å². The van der Waals surface area contributed by atoms with Gasteiger partial charge in [0.05, 0.1) is 0 Å². The second kappa shape index (κ2) is 8.36. The van der Waals surface area contributed by atoms with Crippen molar-refractivity contribution in [2.24, 2.45) is 0 Å². The Kier molecular flexibility index (Phi) is 7.13. The van der Waals surface area contributed by atoms with E-state index in [1.807, 2.05) is 39.8 Å². The number of nitrogens with zero attached hydrogens (tertiary/aromatic N) is 3. The number of piperidine rings is 1. The van der Waals surface area contributed by atoms with E-state index in [1.54, 1.807) is 4.90 Å². The van der Waals surface area contributed by atoms with Gasteiger partial charge in [0.15, 0.2) is 0 Å². The fraction of sp³-hybridized carbons (Fsp3) is 0.875. The maximum absolute atomic E-state index is 12.2. The van der Waals surface area contributed by atoms with Crippen LogP contribution in [0.4, 0.5) is 4.79 Å². The molecule has 0 spiro atoms. The lowest BCUT2D eigenvalue weighted by atomic mass is 10.0. The molecular formula is C16H31N3O3. The summed E-state index contributed by atoms with van der Waals surface area (Å²) in [5.41, 5.74) is -0.486. The third kappa shape index (κ3) is 6.64. The number of carbonyl (C=O) groups is 2. The Morgan fingerprint density at radius 3 is 2.55 bits per heavy atom. The van der Waals surface area contributed by atoms with Gasteiger partial charge in [-0.25, -0.2) is 4.79 Å². The maximum Gasteiger partial charge on any atom is 0.410 e. The molecule has 1 atom stereocenters. The van der Waals surface area contributed by atoms with Gasteiger partial charge in [0.2, 0.25) is 6.41 Å². The number of hydrogen-bond donors (Lipinski definition) is 0. The van der Waals surface area contributed by atoms with Crippen LogP contribution < -0.4 is 0 Å². The maximum atomic E-state index is 12.2. The minimum absolute atomic E-state index is 0.0981. The fourth-order valence-electron chi connectivity index (χ4n) is 2.61. The highest BCUT2D eigenvalue weighted by molar-refractivity contribution is 5.68. The zero-order valence-electron chi connectivity index (χ0n) is 14.7. The van der Waals surface area contributed by atoms with E-state index < -0.39 is 5.60 Å². The van der Waals surface area contributed by atoms with Gasteiger partial charge in [0, 0.05) is 25.7 Å². The van der Waals surface area contributed by atoms with Gasteiger partial charge in [-0.3, -0.25) is 4.79 Å². The summed E-state index contributed by atoms with van der Waals surface area (Å²) in [5.74, 6) is 0. The largest absolute Gasteiger partial charge is 0.444 e. The SMILES string of the molecule is CN(C)CCCN(C=O)C1CCCN(C(=O)OC(C)(C)C)C1. The number of hydrogen-bond acceptors (Lipinski definition) is 4.